The van der Waals surface area contributed by atoms with Gasteiger partial charge in [0.1, 0.15) is 17.1 Å². The molecule has 8 nitrogen and oxygen atoms in total. The number of morpholine rings is 1. The van der Waals surface area contributed by atoms with Gasteiger partial charge in [0.15, 0.2) is 5.84 Å². The summed E-state index contributed by atoms with van der Waals surface area (Å²) in [7, 11) is 1.32. The number of carbonyl (C=O) groups is 1. The molecule has 1 aromatic heterocycles. The van der Waals surface area contributed by atoms with E-state index in [1.165, 1.54) is 19.2 Å². The van der Waals surface area contributed by atoms with Crippen LogP contribution in [-0.4, -0.2) is 66.8 Å². The van der Waals surface area contributed by atoms with Crippen molar-refractivity contribution in [1.29, 1.82) is 0 Å². The predicted octanol–water partition coefficient (Wildman–Crippen LogP) is 1.66. The van der Waals surface area contributed by atoms with Gasteiger partial charge in [0.05, 0.1) is 32.0 Å². The second-order valence-electron chi connectivity index (χ2n) is 8.35. The normalized spacial score (nSPS) is 24.9. The number of esters is 1. The first kappa shape index (κ1) is 21.7. The van der Waals surface area contributed by atoms with Gasteiger partial charge < -0.3 is 19.9 Å². The molecule has 1 spiro atoms. The van der Waals surface area contributed by atoms with Crippen LogP contribution in [0, 0.1) is 5.82 Å². The molecule has 2 unspecified atom stereocenters. The van der Waals surface area contributed by atoms with Gasteiger partial charge in [0, 0.05) is 37.9 Å². The average molecular weight is 452 g/mol. The largest absolute Gasteiger partial charge is 0.466 e. The number of hydrogen-bond donors (Lipinski definition) is 2. The molecule has 2 N–H and O–H groups in total. The number of aromatic nitrogens is 1. The van der Waals surface area contributed by atoms with Gasteiger partial charge >= 0.3 is 5.97 Å². The zero-order valence-electron chi connectivity index (χ0n) is 18.3. The summed E-state index contributed by atoms with van der Waals surface area (Å²) in [5.74, 6) is -0.514. The van der Waals surface area contributed by atoms with Crippen LogP contribution in [0.25, 0.3) is 0 Å². The Morgan fingerprint density at radius 1 is 1.33 bits per heavy atom. The molecule has 33 heavy (non-hydrogen) atoms. The lowest BCUT2D eigenvalue weighted by Crippen LogP contribution is -2.47. The van der Waals surface area contributed by atoms with E-state index in [2.05, 4.69) is 15.2 Å². The molecular formula is C24H25FN4O4. The number of nitrogens with zero attached hydrogens (tertiary/aromatic N) is 3. The van der Waals surface area contributed by atoms with Crippen molar-refractivity contribution in [2.75, 3.05) is 40.0 Å². The summed E-state index contributed by atoms with van der Waals surface area (Å²) in [6.07, 6.45) is 0.785. The van der Waals surface area contributed by atoms with E-state index >= 15 is 0 Å². The van der Waals surface area contributed by atoms with Gasteiger partial charge in [-0.25, -0.2) is 14.2 Å². The number of hydrogen-bond acceptors (Lipinski definition) is 8. The summed E-state index contributed by atoms with van der Waals surface area (Å²) in [5, 5.41) is 14.2. The number of nitrogens with one attached hydrogen (secondary N) is 1. The van der Waals surface area contributed by atoms with Crippen molar-refractivity contribution >= 4 is 11.8 Å². The molecule has 5 rings (SSSR count). The Morgan fingerprint density at radius 3 is 2.88 bits per heavy atom. The Kier molecular flexibility index (Phi) is 5.69. The Balaban J connectivity index is 1.71. The van der Waals surface area contributed by atoms with E-state index in [1.54, 1.807) is 12.3 Å². The number of pyridine rings is 1. The lowest BCUT2D eigenvalue weighted by molar-refractivity contribution is -0.137. The number of amidine groups is 1. The topological polar surface area (TPSA) is 96.3 Å². The first-order valence-electron chi connectivity index (χ1n) is 10.9. The Bertz CT molecular complexity index is 1130. The number of aliphatic imine (C=N–C) groups is 1. The smallest absolute Gasteiger partial charge is 0.338 e. The fourth-order valence-electron chi connectivity index (χ4n) is 4.88. The first-order valence-corrected chi connectivity index (χ1v) is 10.9. The molecule has 0 bridgehead atoms. The number of methoxy groups -OCH3 is 1. The molecule has 0 amide bonds. The van der Waals surface area contributed by atoms with Crippen molar-refractivity contribution in [2.45, 2.75) is 18.1 Å². The van der Waals surface area contributed by atoms with Crippen LogP contribution in [0.15, 0.2) is 58.9 Å². The van der Waals surface area contributed by atoms with Gasteiger partial charge in [-0.05, 0) is 35.4 Å². The van der Waals surface area contributed by atoms with Gasteiger partial charge in [0.2, 0.25) is 0 Å². The van der Waals surface area contributed by atoms with E-state index in [0.29, 0.717) is 66.8 Å². The number of ether oxygens (including phenoxy) is 2. The van der Waals surface area contributed by atoms with Gasteiger partial charge in [0.25, 0.3) is 0 Å². The molecule has 2 aliphatic heterocycles. The minimum atomic E-state index is -1.23. The highest BCUT2D eigenvalue weighted by Crippen LogP contribution is 2.52. The fourth-order valence-corrected chi connectivity index (χ4v) is 4.88. The maximum atomic E-state index is 14.0. The monoisotopic (exact) mass is 452 g/mol. The molecule has 1 saturated heterocycles. The number of aliphatic hydroxyl groups excluding tert-OH is 1. The number of fused-ring (bicyclic) bond motifs is 2. The lowest BCUT2D eigenvalue weighted by atomic mass is 9.81. The zero-order valence-corrected chi connectivity index (χ0v) is 18.3. The molecule has 3 heterocycles. The van der Waals surface area contributed by atoms with Crippen LogP contribution in [0.5, 0.6) is 0 Å². The minimum Gasteiger partial charge on any atom is -0.466 e. The number of carbonyl (C=O) groups excluding carboxylic acids is 1. The average Bonchev–Trinajstić information content (AvgIpc) is 3.10. The molecule has 1 aromatic carbocycles. The van der Waals surface area contributed by atoms with E-state index in [9.17, 15) is 14.3 Å². The highest BCUT2D eigenvalue weighted by molar-refractivity contribution is 6.03. The molecule has 1 aliphatic carbocycles. The van der Waals surface area contributed by atoms with Crippen LogP contribution in [0.1, 0.15) is 29.3 Å². The van der Waals surface area contributed by atoms with Crippen LogP contribution in [0.2, 0.25) is 0 Å². The summed E-state index contributed by atoms with van der Waals surface area (Å²) < 4.78 is 24.7. The summed E-state index contributed by atoms with van der Waals surface area (Å²) in [4.78, 5) is 24.8. The Morgan fingerprint density at radius 2 is 2.15 bits per heavy atom. The van der Waals surface area contributed by atoms with Crippen LogP contribution in [-0.2, 0) is 19.8 Å². The van der Waals surface area contributed by atoms with Crippen LogP contribution < -0.4 is 5.32 Å². The highest BCUT2D eigenvalue weighted by atomic mass is 19.1. The number of benzene rings is 1. The summed E-state index contributed by atoms with van der Waals surface area (Å²) in [5.41, 5.74) is 1.34. The number of halogens is 1. The Labute approximate surface area is 190 Å². The molecule has 1 fully saturated rings. The summed E-state index contributed by atoms with van der Waals surface area (Å²) in [6, 6.07) is 9.72. The third-order valence-corrected chi connectivity index (χ3v) is 6.38. The molecule has 0 saturated carbocycles. The van der Waals surface area contributed by atoms with Crippen molar-refractivity contribution in [3.05, 3.63) is 76.5 Å². The third-order valence-electron chi connectivity index (χ3n) is 6.38. The van der Waals surface area contributed by atoms with Gasteiger partial charge in [-0.15, -0.1) is 0 Å². The van der Waals surface area contributed by atoms with Crippen molar-refractivity contribution in [2.24, 2.45) is 4.99 Å². The van der Waals surface area contributed by atoms with Crippen molar-refractivity contribution in [3.63, 3.8) is 0 Å². The summed E-state index contributed by atoms with van der Waals surface area (Å²) >= 11 is 0. The standard InChI is InChI=1S/C24H25FN4O4/c1-32-23(31)21-19(14-29-8-10-33-11-9-29)27-22(18-4-2-3-7-26-18)28-24(21)13-20(30)16-12-15(25)5-6-17(16)24/h2-7,12,20,30H,8-11,13-14H2,1H3,(H,27,28). The molecule has 2 aromatic rings. The van der Waals surface area contributed by atoms with Crippen LogP contribution in [0.4, 0.5) is 4.39 Å². The molecule has 2 atom stereocenters. The van der Waals surface area contributed by atoms with Crippen LogP contribution in [0.3, 0.4) is 0 Å². The maximum absolute atomic E-state index is 14.0. The third kappa shape index (κ3) is 3.82. The second kappa shape index (κ2) is 8.66. The molecular weight excluding hydrogens is 427 g/mol. The molecule has 172 valence electrons. The van der Waals surface area contributed by atoms with E-state index in [4.69, 9.17) is 14.5 Å². The number of rotatable bonds is 4. The number of aliphatic hydroxyl groups is 1. The van der Waals surface area contributed by atoms with Gasteiger partial charge in [-0.1, -0.05) is 12.1 Å². The molecule has 0 radical (unpaired) electrons. The lowest BCUT2D eigenvalue weighted by Gasteiger charge is -2.37. The second-order valence-corrected chi connectivity index (χ2v) is 8.35. The maximum Gasteiger partial charge on any atom is 0.338 e. The van der Waals surface area contributed by atoms with E-state index in [1.807, 2.05) is 18.2 Å². The van der Waals surface area contributed by atoms with Crippen molar-refractivity contribution in [1.82, 2.24) is 15.2 Å². The minimum absolute atomic E-state index is 0.0981. The van der Waals surface area contributed by atoms with E-state index < -0.39 is 23.4 Å². The zero-order chi connectivity index (χ0) is 23.0. The fraction of sp³-hybridized carbons (Fsp3) is 0.375. The first-order chi connectivity index (χ1) is 16.0. The molecule has 9 heteroatoms. The molecule has 3 aliphatic rings. The highest BCUT2D eigenvalue weighted by Gasteiger charge is 2.52. The van der Waals surface area contributed by atoms with Crippen LogP contribution >= 0.6 is 0 Å². The summed E-state index contributed by atoms with van der Waals surface area (Å²) in [6.45, 7) is 3.08. The van der Waals surface area contributed by atoms with Crippen molar-refractivity contribution < 1.29 is 23.8 Å². The quantitative estimate of drug-likeness (QED) is 0.681. The van der Waals surface area contributed by atoms with E-state index in [-0.39, 0.29) is 6.42 Å². The SMILES string of the molecule is COC(=O)C1=C(CN2CCOCC2)NC(c2ccccn2)=NC12CC(O)c1cc(F)ccc12. The van der Waals surface area contributed by atoms with Gasteiger partial charge in [-0.3, -0.25) is 9.88 Å². The Hall–Kier alpha value is -3.14. The van der Waals surface area contributed by atoms with E-state index in [0.717, 1.165) is 0 Å². The predicted molar refractivity (Wildman–Crippen MR) is 118 cm³/mol. The van der Waals surface area contributed by atoms with Crippen molar-refractivity contribution in [3.8, 4) is 0 Å². The van der Waals surface area contributed by atoms with Gasteiger partial charge in [-0.2, -0.15) is 0 Å².